The summed E-state index contributed by atoms with van der Waals surface area (Å²) in [5.41, 5.74) is 21.0. The van der Waals surface area contributed by atoms with Crippen LogP contribution in [0.3, 0.4) is 0 Å². The molecule has 8 heteroatoms. The van der Waals surface area contributed by atoms with E-state index in [4.69, 9.17) is 22.9 Å². The SMILES string of the molecule is NC(N)(I)C(=O)CC(=O)C(N)(N)I. The molecule has 0 aliphatic heterocycles. The van der Waals surface area contributed by atoms with Crippen molar-refractivity contribution in [3.8, 4) is 0 Å². The Hall–Kier alpha value is 0.640. The highest BCUT2D eigenvalue weighted by atomic mass is 127. The number of hydrogen-bond donors (Lipinski definition) is 4. The first-order chi connectivity index (χ1) is 5.55. The molecule has 0 spiro atoms. The van der Waals surface area contributed by atoms with Crippen molar-refractivity contribution in [2.24, 2.45) is 22.9 Å². The first-order valence-corrected chi connectivity index (χ1v) is 5.31. The fourth-order valence-corrected chi connectivity index (χ4v) is 0.798. The Kier molecular flexibility index (Phi) is 4.66. The lowest BCUT2D eigenvalue weighted by atomic mass is 10.1. The van der Waals surface area contributed by atoms with Crippen LogP contribution in [0.1, 0.15) is 6.42 Å². The summed E-state index contributed by atoms with van der Waals surface area (Å²) in [6.07, 6.45) is -0.453. The van der Waals surface area contributed by atoms with E-state index >= 15 is 0 Å². The largest absolute Gasteiger partial charge is 0.299 e. The summed E-state index contributed by atoms with van der Waals surface area (Å²) in [5, 5.41) is 0. The second-order valence-corrected chi connectivity index (χ2v) is 6.13. The third-order valence-electron chi connectivity index (χ3n) is 1.18. The Morgan fingerprint density at radius 1 is 0.923 bits per heavy atom. The lowest BCUT2D eigenvalue weighted by molar-refractivity contribution is -0.128. The number of rotatable bonds is 4. The highest BCUT2D eigenvalue weighted by molar-refractivity contribution is 14.1. The molecular weight excluding hydrogens is 402 g/mol. The van der Waals surface area contributed by atoms with Gasteiger partial charge >= 0.3 is 0 Å². The van der Waals surface area contributed by atoms with Crippen molar-refractivity contribution in [2.45, 2.75) is 13.8 Å². The molecule has 0 rings (SSSR count). The zero-order valence-corrected chi connectivity index (χ0v) is 10.9. The van der Waals surface area contributed by atoms with Crippen molar-refractivity contribution >= 4 is 56.7 Å². The molecule has 76 valence electrons. The van der Waals surface area contributed by atoms with Gasteiger partial charge in [0.1, 0.15) is 0 Å². The highest BCUT2D eigenvalue weighted by Gasteiger charge is 2.33. The zero-order chi connectivity index (χ0) is 10.9. The molecule has 0 bridgehead atoms. The normalized spacial score (nSPS) is 12.8. The molecule has 6 nitrogen and oxygen atoms in total. The number of halogens is 2. The van der Waals surface area contributed by atoms with Gasteiger partial charge in [-0.25, -0.2) is 0 Å². The molecule has 0 aliphatic carbocycles. The molecule has 0 radical (unpaired) electrons. The Bertz CT molecular complexity index is 206. The van der Waals surface area contributed by atoms with Crippen LogP contribution in [0.15, 0.2) is 0 Å². The van der Waals surface area contributed by atoms with Gasteiger partial charge in [-0.05, 0) is 45.2 Å². The molecule has 0 heterocycles. The molecule has 0 saturated heterocycles. The van der Waals surface area contributed by atoms with Gasteiger partial charge in [0.05, 0.1) is 6.42 Å². The standard InChI is InChI=1S/C5H10I2N4O2/c6-4(8,9)2(12)1-3(13)5(7,10)11/h1,8-11H2. The van der Waals surface area contributed by atoms with E-state index in [1.807, 2.05) is 0 Å². The quantitative estimate of drug-likeness (QED) is 0.146. The predicted molar refractivity (Wildman–Crippen MR) is 64.9 cm³/mol. The Morgan fingerprint density at radius 2 is 1.15 bits per heavy atom. The van der Waals surface area contributed by atoms with Crippen LogP contribution in [0, 0.1) is 0 Å². The summed E-state index contributed by atoms with van der Waals surface area (Å²) in [6.45, 7) is 0. The van der Waals surface area contributed by atoms with E-state index in [0.29, 0.717) is 0 Å². The van der Waals surface area contributed by atoms with Gasteiger partial charge in [0, 0.05) is 0 Å². The molecule has 0 aromatic carbocycles. The van der Waals surface area contributed by atoms with Crippen LogP contribution in [-0.4, -0.2) is 18.9 Å². The third-order valence-corrected chi connectivity index (χ3v) is 2.38. The molecule has 0 aromatic rings. The molecule has 0 fully saturated rings. The Balaban J connectivity index is 4.34. The maximum Gasteiger partial charge on any atom is 0.184 e. The average Bonchev–Trinajstić information content (AvgIpc) is 1.82. The maximum absolute atomic E-state index is 11.1. The topological polar surface area (TPSA) is 138 Å². The minimum absolute atomic E-state index is 0.453. The van der Waals surface area contributed by atoms with Crippen LogP contribution in [-0.2, 0) is 9.59 Å². The fourth-order valence-electron chi connectivity index (χ4n) is 0.417. The molecule has 0 saturated carbocycles. The van der Waals surface area contributed by atoms with E-state index in [-0.39, 0.29) is 0 Å². The molecule has 8 N–H and O–H groups in total. The van der Waals surface area contributed by atoms with Crippen molar-refractivity contribution < 1.29 is 9.59 Å². The van der Waals surface area contributed by atoms with Crippen molar-refractivity contribution in [3.05, 3.63) is 0 Å². The van der Waals surface area contributed by atoms with E-state index in [0.717, 1.165) is 0 Å². The van der Waals surface area contributed by atoms with Crippen LogP contribution in [0.4, 0.5) is 0 Å². The summed E-state index contributed by atoms with van der Waals surface area (Å²) >= 11 is 3.07. The third kappa shape index (κ3) is 5.17. The monoisotopic (exact) mass is 412 g/mol. The zero-order valence-electron chi connectivity index (χ0n) is 6.59. The molecular formula is C5H10I2N4O2. The predicted octanol–water partition coefficient (Wildman–Crippen LogP) is -1.47. The van der Waals surface area contributed by atoms with Crippen molar-refractivity contribution in [3.63, 3.8) is 0 Å². The van der Waals surface area contributed by atoms with E-state index in [9.17, 15) is 9.59 Å². The number of Topliss-reactive ketones (excluding diaryl/α,β-unsaturated/α-hetero) is 2. The fraction of sp³-hybridized carbons (Fsp3) is 0.600. The summed E-state index contributed by atoms with van der Waals surface area (Å²) in [5.74, 6) is -1.20. The molecule has 0 aliphatic rings. The van der Waals surface area contributed by atoms with Gasteiger partial charge < -0.3 is 0 Å². The number of alkyl halides is 2. The summed E-state index contributed by atoms with van der Waals surface area (Å²) in [4.78, 5) is 22.3. The van der Waals surface area contributed by atoms with Gasteiger partial charge in [0.2, 0.25) is 0 Å². The van der Waals surface area contributed by atoms with Gasteiger partial charge in [-0.2, -0.15) is 0 Å². The van der Waals surface area contributed by atoms with E-state index in [2.05, 4.69) is 0 Å². The summed E-state index contributed by atoms with van der Waals surface area (Å²) in [7, 11) is 0. The first kappa shape index (κ1) is 13.6. The number of carbonyl (C=O) groups excluding carboxylic acids is 2. The number of hydrogen-bond acceptors (Lipinski definition) is 6. The van der Waals surface area contributed by atoms with E-state index in [1.54, 1.807) is 0 Å². The van der Waals surface area contributed by atoms with Crippen LogP contribution < -0.4 is 22.9 Å². The Labute approximate surface area is 102 Å². The molecule has 0 aromatic heterocycles. The highest BCUT2D eigenvalue weighted by Crippen LogP contribution is 2.12. The van der Waals surface area contributed by atoms with Crippen LogP contribution in [0.25, 0.3) is 0 Å². The lowest BCUT2D eigenvalue weighted by Gasteiger charge is -2.18. The van der Waals surface area contributed by atoms with Crippen molar-refractivity contribution in [2.75, 3.05) is 0 Å². The molecule has 0 amide bonds. The van der Waals surface area contributed by atoms with Gasteiger partial charge in [-0.3, -0.25) is 32.5 Å². The molecule has 13 heavy (non-hydrogen) atoms. The number of carbonyl (C=O) groups is 2. The van der Waals surface area contributed by atoms with E-state index < -0.39 is 25.3 Å². The minimum Gasteiger partial charge on any atom is -0.299 e. The summed E-state index contributed by atoms with van der Waals surface area (Å²) in [6, 6.07) is 0. The van der Waals surface area contributed by atoms with E-state index in [1.165, 1.54) is 45.2 Å². The second kappa shape index (κ2) is 4.44. The van der Waals surface area contributed by atoms with Gasteiger partial charge in [-0.1, -0.05) is 0 Å². The average molecular weight is 412 g/mol. The molecule has 0 unspecified atom stereocenters. The summed E-state index contributed by atoms with van der Waals surface area (Å²) < 4.78 is -3.09. The van der Waals surface area contributed by atoms with Crippen LogP contribution in [0.5, 0.6) is 0 Å². The smallest absolute Gasteiger partial charge is 0.184 e. The second-order valence-electron chi connectivity index (χ2n) is 2.56. The number of nitrogens with two attached hydrogens (primary N) is 4. The van der Waals surface area contributed by atoms with Crippen molar-refractivity contribution in [1.82, 2.24) is 0 Å². The Morgan fingerprint density at radius 3 is 1.31 bits per heavy atom. The van der Waals surface area contributed by atoms with Gasteiger partial charge in [-0.15, -0.1) is 0 Å². The van der Waals surface area contributed by atoms with Gasteiger partial charge in [0.25, 0.3) is 0 Å². The van der Waals surface area contributed by atoms with Crippen LogP contribution >= 0.6 is 45.2 Å². The van der Waals surface area contributed by atoms with Crippen LogP contribution in [0.2, 0.25) is 0 Å². The lowest BCUT2D eigenvalue weighted by Crippen LogP contribution is -2.55. The van der Waals surface area contributed by atoms with Gasteiger partial charge in [0.15, 0.2) is 18.9 Å². The molecule has 0 atom stereocenters. The maximum atomic E-state index is 11.1. The first-order valence-electron chi connectivity index (χ1n) is 3.15. The number of ketones is 2. The van der Waals surface area contributed by atoms with Crippen molar-refractivity contribution in [1.29, 1.82) is 0 Å². The minimum atomic E-state index is -1.55.